The van der Waals surface area contributed by atoms with E-state index in [-0.39, 0.29) is 0 Å². The summed E-state index contributed by atoms with van der Waals surface area (Å²) < 4.78 is 0. The van der Waals surface area contributed by atoms with E-state index in [2.05, 4.69) is 25.6 Å². The monoisotopic (exact) mass is 254 g/mol. The van der Waals surface area contributed by atoms with E-state index in [1.807, 2.05) is 32.8 Å². The number of hydrogen-bond donors (Lipinski definition) is 3. The van der Waals surface area contributed by atoms with Crippen molar-refractivity contribution in [3.8, 4) is 0 Å². The Balaban J connectivity index is 2.82. The van der Waals surface area contributed by atoms with Crippen molar-refractivity contribution in [1.82, 2.24) is 15.0 Å². The molecule has 0 saturated carbocycles. The van der Waals surface area contributed by atoms with Crippen molar-refractivity contribution in [2.24, 2.45) is 0 Å². The zero-order valence-corrected chi connectivity index (χ0v) is 11.4. The van der Waals surface area contributed by atoms with Crippen molar-refractivity contribution < 1.29 is 5.11 Å². The molecular weight excluding hydrogens is 232 g/mol. The Kier molecular flexibility index (Phi) is 5.57. The van der Waals surface area contributed by atoms with Crippen LogP contribution in [0.15, 0.2) is 0 Å². The van der Waals surface area contributed by atoms with Gasteiger partial charge in [0.2, 0.25) is 17.8 Å². The maximum atomic E-state index is 9.51. The van der Waals surface area contributed by atoms with Crippen molar-refractivity contribution in [3.63, 3.8) is 0 Å². The normalized spacial score (nSPS) is 12.1. The summed E-state index contributed by atoms with van der Waals surface area (Å²) >= 11 is 0. The van der Waals surface area contributed by atoms with Crippen LogP contribution in [0.1, 0.15) is 20.3 Å². The molecule has 3 N–H and O–H groups in total. The second-order valence-electron chi connectivity index (χ2n) is 4.15. The SMILES string of the molecule is CCNc1nc(NCC(O)CC)nc(N(C)C)n1. The van der Waals surface area contributed by atoms with Gasteiger partial charge in [-0.25, -0.2) is 0 Å². The predicted octanol–water partition coefficient (Wildman–Crippen LogP) is 0.552. The molecule has 1 aromatic rings. The second kappa shape index (κ2) is 6.95. The smallest absolute Gasteiger partial charge is 0.231 e. The molecule has 1 unspecified atom stereocenters. The molecule has 0 aliphatic rings. The molecule has 0 aliphatic heterocycles. The van der Waals surface area contributed by atoms with Crippen LogP contribution in [-0.2, 0) is 0 Å². The van der Waals surface area contributed by atoms with E-state index in [9.17, 15) is 5.11 Å². The van der Waals surface area contributed by atoms with Crippen LogP contribution in [0.3, 0.4) is 0 Å². The van der Waals surface area contributed by atoms with Crippen LogP contribution in [-0.4, -0.2) is 53.3 Å². The molecule has 0 saturated heterocycles. The molecule has 1 rings (SSSR count). The van der Waals surface area contributed by atoms with Gasteiger partial charge in [-0.1, -0.05) is 6.92 Å². The maximum Gasteiger partial charge on any atom is 0.231 e. The molecule has 0 spiro atoms. The Hall–Kier alpha value is -1.63. The third-order valence-electron chi connectivity index (χ3n) is 2.33. The lowest BCUT2D eigenvalue weighted by Crippen LogP contribution is -2.21. The van der Waals surface area contributed by atoms with Crippen LogP contribution < -0.4 is 15.5 Å². The van der Waals surface area contributed by atoms with E-state index in [0.717, 1.165) is 6.54 Å². The summed E-state index contributed by atoms with van der Waals surface area (Å²) in [6.07, 6.45) is 0.297. The number of aliphatic hydroxyl groups is 1. The highest BCUT2D eigenvalue weighted by molar-refractivity contribution is 5.42. The third-order valence-corrected chi connectivity index (χ3v) is 2.33. The van der Waals surface area contributed by atoms with Crippen LogP contribution >= 0.6 is 0 Å². The number of nitrogens with zero attached hydrogens (tertiary/aromatic N) is 4. The molecule has 18 heavy (non-hydrogen) atoms. The summed E-state index contributed by atoms with van der Waals surface area (Å²) in [5.41, 5.74) is 0. The Morgan fingerprint density at radius 2 is 1.72 bits per heavy atom. The van der Waals surface area contributed by atoms with Gasteiger partial charge in [-0.15, -0.1) is 0 Å². The van der Waals surface area contributed by atoms with Gasteiger partial charge in [-0.3, -0.25) is 0 Å². The Morgan fingerprint density at radius 1 is 1.11 bits per heavy atom. The van der Waals surface area contributed by atoms with E-state index < -0.39 is 6.10 Å². The van der Waals surface area contributed by atoms with Gasteiger partial charge in [0.05, 0.1) is 6.10 Å². The van der Waals surface area contributed by atoms with Gasteiger partial charge in [0.15, 0.2) is 0 Å². The average Bonchev–Trinajstić information content (AvgIpc) is 2.36. The van der Waals surface area contributed by atoms with Gasteiger partial charge in [0.1, 0.15) is 0 Å². The lowest BCUT2D eigenvalue weighted by Gasteiger charge is -2.14. The minimum Gasteiger partial charge on any atom is -0.391 e. The summed E-state index contributed by atoms with van der Waals surface area (Å²) in [4.78, 5) is 14.6. The number of aromatic nitrogens is 3. The highest BCUT2D eigenvalue weighted by Gasteiger charge is 2.08. The van der Waals surface area contributed by atoms with Crippen LogP contribution in [0.5, 0.6) is 0 Å². The Morgan fingerprint density at radius 3 is 2.22 bits per heavy atom. The van der Waals surface area contributed by atoms with Crippen LogP contribution in [0.2, 0.25) is 0 Å². The van der Waals surface area contributed by atoms with Gasteiger partial charge in [0.25, 0.3) is 0 Å². The molecule has 7 nitrogen and oxygen atoms in total. The fourth-order valence-corrected chi connectivity index (χ4v) is 1.23. The van der Waals surface area contributed by atoms with E-state index in [1.54, 1.807) is 0 Å². The molecular formula is C11H22N6O. The molecule has 0 amide bonds. The number of hydrogen-bond acceptors (Lipinski definition) is 7. The first-order chi connectivity index (χ1) is 8.56. The highest BCUT2D eigenvalue weighted by atomic mass is 16.3. The van der Waals surface area contributed by atoms with Gasteiger partial charge in [0, 0.05) is 27.2 Å². The van der Waals surface area contributed by atoms with Crippen LogP contribution in [0.4, 0.5) is 17.8 Å². The molecule has 7 heteroatoms. The molecule has 0 radical (unpaired) electrons. The van der Waals surface area contributed by atoms with E-state index >= 15 is 0 Å². The Labute approximate surface area is 108 Å². The van der Waals surface area contributed by atoms with Crippen molar-refractivity contribution in [2.45, 2.75) is 26.4 Å². The quantitative estimate of drug-likeness (QED) is 0.655. The van der Waals surface area contributed by atoms with E-state index in [4.69, 9.17) is 0 Å². The summed E-state index contributed by atoms with van der Waals surface area (Å²) in [5.74, 6) is 1.58. The third kappa shape index (κ3) is 4.33. The number of anilines is 3. The summed E-state index contributed by atoms with van der Waals surface area (Å²) in [7, 11) is 3.74. The fraction of sp³-hybridized carbons (Fsp3) is 0.727. The molecule has 0 aromatic carbocycles. The first-order valence-corrected chi connectivity index (χ1v) is 6.16. The van der Waals surface area contributed by atoms with Crippen molar-refractivity contribution in [1.29, 1.82) is 0 Å². The van der Waals surface area contributed by atoms with Crippen molar-refractivity contribution in [3.05, 3.63) is 0 Å². The number of rotatable bonds is 7. The van der Waals surface area contributed by atoms with Gasteiger partial charge >= 0.3 is 0 Å². The zero-order valence-electron chi connectivity index (χ0n) is 11.4. The molecule has 1 atom stereocenters. The maximum absolute atomic E-state index is 9.51. The first-order valence-electron chi connectivity index (χ1n) is 6.16. The Bertz CT molecular complexity index is 371. The zero-order chi connectivity index (χ0) is 13.5. The highest BCUT2D eigenvalue weighted by Crippen LogP contribution is 2.11. The molecule has 0 bridgehead atoms. The summed E-state index contributed by atoms with van der Waals surface area (Å²) in [6, 6.07) is 0. The van der Waals surface area contributed by atoms with Crippen molar-refractivity contribution in [2.75, 3.05) is 42.7 Å². The lowest BCUT2D eigenvalue weighted by atomic mass is 10.3. The van der Waals surface area contributed by atoms with Crippen LogP contribution in [0.25, 0.3) is 0 Å². The van der Waals surface area contributed by atoms with E-state index in [0.29, 0.717) is 30.8 Å². The molecule has 0 aliphatic carbocycles. The first kappa shape index (κ1) is 14.4. The lowest BCUT2D eigenvalue weighted by molar-refractivity contribution is 0.183. The molecule has 1 aromatic heterocycles. The second-order valence-corrected chi connectivity index (χ2v) is 4.15. The standard InChI is InChI=1S/C11H22N6O/c1-5-8(18)7-13-10-14-9(12-6-2)15-11(16-10)17(3)4/h8,18H,5-7H2,1-4H3,(H2,12,13,14,15,16). The molecule has 1 heterocycles. The summed E-state index contributed by atoms with van der Waals surface area (Å²) in [5, 5.41) is 15.6. The topological polar surface area (TPSA) is 86.2 Å². The summed E-state index contributed by atoms with van der Waals surface area (Å²) in [6.45, 7) is 5.08. The van der Waals surface area contributed by atoms with Crippen LogP contribution in [0, 0.1) is 0 Å². The molecule has 102 valence electrons. The fourth-order valence-electron chi connectivity index (χ4n) is 1.23. The number of nitrogens with one attached hydrogen (secondary N) is 2. The number of aliphatic hydroxyl groups excluding tert-OH is 1. The van der Waals surface area contributed by atoms with Gasteiger partial charge in [-0.05, 0) is 13.3 Å². The van der Waals surface area contributed by atoms with E-state index in [1.165, 1.54) is 0 Å². The van der Waals surface area contributed by atoms with Gasteiger partial charge < -0.3 is 20.6 Å². The minimum atomic E-state index is -0.396. The minimum absolute atomic E-state index is 0.396. The largest absolute Gasteiger partial charge is 0.391 e. The average molecular weight is 254 g/mol. The molecule has 0 fully saturated rings. The van der Waals surface area contributed by atoms with Gasteiger partial charge in [-0.2, -0.15) is 15.0 Å². The van der Waals surface area contributed by atoms with Crippen molar-refractivity contribution >= 4 is 17.8 Å². The predicted molar refractivity (Wildman–Crippen MR) is 73.1 cm³/mol.